The Hall–Kier alpha value is -2.23. The molecule has 21 heavy (non-hydrogen) atoms. The number of likely N-dealkylation sites (N-methyl/N-ethyl adjacent to an activating group) is 1. The zero-order chi connectivity index (χ0) is 16.2. The van der Waals surface area contributed by atoms with Gasteiger partial charge >= 0.3 is 0 Å². The number of rotatable bonds is 5. The number of anilines is 1. The molecule has 4 N–H and O–H groups in total. The van der Waals surface area contributed by atoms with Crippen LogP contribution < -0.4 is 16.0 Å². The van der Waals surface area contributed by atoms with Gasteiger partial charge in [0, 0.05) is 7.05 Å². The van der Waals surface area contributed by atoms with E-state index in [1.165, 1.54) is 12.4 Å². The second-order valence-corrected chi connectivity index (χ2v) is 3.86. The summed E-state index contributed by atoms with van der Waals surface area (Å²) >= 11 is 0. The zero-order valence-corrected chi connectivity index (χ0v) is 10.7. The standard InChI is InChI=1S/C11H10F5N3O2/c1-17-4(20)2-18-3-5(21)19-11-9(15)7(13)6(12)8(14)10(11)16/h18H,2-3H2,1H3,(H,17,20)(H,19,21)/p+1. The first kappa shape index (κ1) is 16.8. The highest BCUT2D eigenvalue weighted by Gasteiger charge is 2.27. The first-order valence-corrected chi connectivity index (χ1v) is 5.63. The quantitative estimate of drug-likeness (QED) is 0.394. The first-order chi connectivity index (χ1) is 9.79. The van der Waals surface area contributed by atoms with E-state index >= 15 is 0 Å². The van der Waals surface area contributed by atoms with Crippen molar-refractivity contribution in [3.05, 3.63) is 29.1 Å². The van der Waals surface area contributed by atoms with E-state index in [1.807, 2.05) is 0 Å². The van der Waals surface area contributed by atoms with Crippen molar-refractivity contribution in [3.8, 4) is 0 Å². The lowest BCUT2D eigenvalue weighted by molar-refractivity contribution is -0.632. The molecule has 0 saturated heterocycles. The van der Waals surface area contributed by atoms with Crippen LogP contribution >= 0.6 is 0 Å². The molecule has 0 aromatic heterocycles. The van der Waals surface area contributed by atoms with Crippen molar-refractivity contribution in [2.45, 2.75) is 0 Å². The van der Waals surface area contributed by atoms with Gasteiger partial charge in [-0.1, -0.05) is 0 Å². The maximum Gasteiger partial charge on any atom is 0.279 e. The number of carbonyl (C=O) groups is 2. The minimum Gasteiger partial charge on any atom is -0.354 e. The van der Waals surface area contributed by atoms with Gasteiger partial charge in [0.15, 0.2) is 36.4 Å². The van der Waals surface area contributed by atoms with Crippen LogP contribution in [-0.2, 0) is 9.59 Å². The second-order valence-electron chi connectivity index (χ2n) is 3.86. The van der Waals surface area contributed by atoms with Crippen LogP contribution in [0.4, 0.5) is 27.6 Å². The van der Waals surface area contributed by atoms with Crippen LogP contribution in [0, 0.1) is 29.1 Å². The van der Waals surface area contributed by atoms with Crippen LogP contribution in [0.15, 0.2) is 0 Å². The normalized spacial score (nSPS) is 10.4. The number of amides is 2. The van der Waals surface area contributed by atoms with Gasteiger partial charge in [-0.15, -0.1) is 0 Å². The lowest BCUT2D eigenvalue weighted by atomic mass is 10.2. The average Bonchev–Trinajstić information content (AvgIpc) is 2.47. The summed E-state index contributed by atoms with van der Waals surface area (Å²) in [5, 5.41) is 5.03. The Morgan fingerprint density at radius 3 is 1.76 bits per heavy atom. The Kier molecular flexibility index (Phi) is 5.59. The fraction of sp³-hybridized carbons (Fsp3) is 0.273. The Bertz CT molecular complexity index is 550. The fourth-order valence-corrected chi connectivity index (χ4v) is 1.34. The number of benzene rings is 1. The molecule has 1 aromatic carbocycles. The topological polar surface area (TPSA) is 74.8 Å². The maximum absolute atomic E-state index is 13.3. The lowest BCUT2D eigenvalue weighted by Crippen LogP contribution is -2.88. The van der Waals surface area contributed by atoms with Gasteiger partial charge in [0.05, 0.1) is 0 Å². The van der Waals surface area contributed by atoms with E-state index in [0.29, 0.717) is 0 Å². The molecule has 0 spiro atoms. The summed E-state index contributed by atoms with van der Waals surface area (Å²) in [5.41, 5.74) is -1.43. The molecule has 0 radical (unpaired) electrons. The van der Waals surface area contributed by atoms with Crippen molar-refractivity contribution in [1.29, 1.82) is 0 Å². The molecule has 2 amide bonds. The highest BCUT2D eigenvalue weighted by atomic mass is 19.2. The number of nitrogens with two attached hydrogens (primary N) is 1. The summed E-state index contributed by atoms with van der Waals surface area (Å²) in [7, 11) is 1.37. The van der Waals surface area contributed by atoms with Gasteiger partial charge in [-0.05, 0) is 0 Å². The van der Waals surface area contributed by atoms with E-state index in [1.54, 1.807) is 5.32 Å². The number of carbonyl (C=O) groups excluding carboxylic acids is 2. The highest BCUT2D eigenvalue weighted by molar-refractivity contribution is 5.91. The van der Waals surface area contributed by atoms with Gasteiger partial charge in [0.2, 0.25) is 5.82 Å². The molecule has 0 heterocycles. The summed E-state index contributed by atoms with van der Waals surface area (Å²) in [6, 6.07) is 0. The van der Waals surface area contributed by atoms with Crippen molar-refractivity contribution in [2.24, 2.45) is 0 Å². The number of nitrogens with one attached hydrogen (secondary N) is 2. The van der Waals surface area contributed by atoms with Gasteiger partial charge in [-0.3, -0.25) is 9.59 Å². The van der Waals surface area contributed by atoms with E-state index < -0.39 is 53.1 Å². The largest absolute Gasteiger partial charge is 0.354 e. The third kappa shape index (κ3) is 3.88. The number of halogens is 5. The van der Waals surface area contributed by atoms with Crippen molar-refractivity contribution in [1.82, 2.24) is 5.32 Å². The molecule has 0 saturated carbocycles. The molecule has 0 bridgehead atoms. The third-order valence-electron chi connectivity index (χ3n) is 2.41. The predicted molar refractivity (Wildman–Crippen MR) is 60.6 cm³/mol. The smallest absolute Gasteiger partial charge is 0.279 e. The Labute approximate surface area is 115 Å². The molecule has 0 atom stereocenters. The number of hydrogen-bond donors (Lipinski definition) is 3. The second kappa shape index (κ2) is 6.97. The van der Waals surface area contributed by atoms with Crippen LogP contribution in [0.1, 0.15) is 0 Å². The first-order valence-electron chi connectivity index (χ1n) is 5.63. The fourth-order valence-electron chi connectivity index (χ4n) is 1.34. The summed E-state index contributed by atoms with van der Waals surface area (Å²) in [4.78, 5) is 22.2. The molecular formula is C11H11F5N3O2+. The Morgan fingerprint density at radius 1 is 0.857 bits per heavy atom. The lowest BCUT2D eigenvalue weighted by Gasteiger charge is -2.09. The maximum atomic E-state index is 13.3. The molecule has 0 fully saturated rings. The highest BCUT2D eigenvalue weighted by Crippen LogP contribution is 2.26. The van der Waals surface area contributed by atoms with Crippen molar-refractivity contribution >= 4 is 17.5 Å². The van der Waals surface area contributed by atoms with Gasteiger partial charge in [0.25, 0.3) is 11.8 Å². The monoisotopic (exact) mass is 312 g/mol. The average molecular weight is 312 g/mol. The SMILES string of the molecule is CNC(=O)C[NH2+]CC(=O)Nc1c(F)c(F)c(F)c(F)c1F. The predicted octanol–water partition coefficient (Wildman–Crippen LogP) is -0.370. The number of quaternary nitrogens is 1. The molecule has 10 heteroatoms. The Morgan fingerprint density at radius 2 is 1.29 bits per heavy atom. The molecule has 0 aliphatic heterocycles. The van der Waals surface area contributed by atoms with E-state index in [9.17, 15) is 31.5 Å². The zero-order valence-electron chi connectivity index (χ0n) is 10.7. The molecule has 0 unspecified atom stereocenters. The van der Waals surface area contributed by atoms with Gasteiger partial charge in [-0.2, -0.15) is 0 Å². The van der Waals surface area contributed by atoms with E-state index in [0.717, 1.165) is 0 Å². The molecule has 0 aliphatic carbocycles. The van der Waals surface area contributed by atoms with Crippen molar-refractivity contribution in [3.63, 3.8) is 0 Å². The Balaban J connectivity index is 2.80. The molecule has 5 nitrogen and oxygen atoms in total. The van der Waals surface area contributed by atoms with E-state index in [-0.39, 0.29) is 6.54 Å². The summed E-state index contributed by atoms with van der Waals surface area (Å²) < 4.78 is 65.1. The van der Waals surface area contributed by atoms with Crippen molar-refractivity contribution < 1.29 is 36.9 Å². The third-order valence-corrected chi connectivity index (χ3v) is 2.41. The van der Waals surface area contributed by atoms with Gasteiger partial charge in [0.1, 0.15) is 5.69 Å². The number of hydrogen-bond acceptors (Lipinski definition) is 2. The molecule has 1 rings (SSSR count). The summed E-state index contributed by atoms with van der Waals surface area (Å²) in [6.07, 6.45) is 0. The molecule has 116 valence electrons. The molecular weight excluding hydrogens is 301 g/mol. The summed E-state index contributed by atoms with van der Waals surface area (Å²) in [6.45, 7) is -0.575. The van der Waals surface area contributed by atoms with Crippen LogP contribution in [0.5, 0.6) is 0 Å². The van der Waals surface area contributed by atoms with E-state index in [2.05, 4.69) is 5.32 Å². The van der Waals surface area contributed by atoms with E-state index in [4.69, 9.17) is 0 Å². The molecule has 1 aromatic rings. The van der Waals surface area contributed by atoms with Gasteiger partial charge < -0.3 is 16.0 Å². The van der Waals surface area contributed by atoms with Crippen LogP contribution in [0.2, 0.25) is 0 Å². The van der Waals surface area contributed by atoms with Crippen LogP contribution in [0.25, 0.3) is 0 Å². The summed E-state index contributed by atoms with van der Waals surface area (Å²) in [5.74, 6) is -12.3. The minimum absolute atomic E-state index is 0.138. The minimum atomic E-state index is -2.31. The van der Waals surface area contributed by atoms with Crippen molar-refractivity contribution in [2.75, 3.05) is 25.5 Å². The van der Waals surface area contributed by atoms with Crippen LogP contribution in [-0.4, -0.2) is 32.0 Å². The molecule has 0 aliphatic rings. The van der Waals surface area contributed by atoms with Gasteiger partial charge in [-0.25, -0.2) is 22.0 Å². The van der Waals surface area contributed by atoms with Crippen LogP contribution in [0.3, 0.4) is 0 Å².